The summed E-state index contributed by atoms with van der Waals surface area (Å²) >= 11 is 0.931. The fourth-order valence-electron chi connectivity index (χ4n) is 4.64. The van der Waals surface area contributed by atoms with Crippen molar-refractivity contribution < 1.29 is 38.4 Å². The molecule has 1 saturated heterocycles. The van der Waals surface area contributed by atoms with E-state index in [-0.39, 0.29) is 21.3 Å². The summed E-state index contributed by atoms with van der Waals surface area (Å²) in [5, 5.41) is 11.7. The predicted octanol–water partition coefficient (Wildman–Crippen LogP) is 6.23. The molecule has 0 aliphatic carbocycles. The van der Waals surface area contributed by atoms with Crippen LogP contribution in [0.1, 0.15) is 72.1 Å². The Bertz CT molecular complexity index is 1530. The normalized spacial score (nSPS) is 15.9. The number of Topliss-reactive ketones (excluding diaryl/α,β-unsaturated/α-hetero) is 1. The second-order valence-electron chi connectivity index (χ2n) is 9.91. The minimum atomic E-state index is -1.08. The number of nitrogens with zero attached hydrogens (tertiary/aromatic N) is 2. The number of ketones is 1. The van der Waals surface area contributed by atoms with Crippen LogP contribution in [0.4, 0.5) is 5.13 Å². The molecule has 228 valence electrons. The number of aliphatic hydroxyl groups excluding tert-OH is 1. The highest BCUT2D eigenvalue weighted by molar-refractivity contribution is 7.17. The lowest BCUT2D eigenvalue weighted by atomic mass is 9.95. The Hall–Kier alpha value is -4.38. The molecule has 3 aromatic rings. The third kappa shape index (κ3) is 6.67. The molecule has 0 saturated carbocycles. The first-order valence-corrected chi connectivity index (χ1v) is 15.0. The molecule has 1 amide bonds. The quantitative estimate of drug-likeness (QED) is 0.0790. The van der Waals surface area contributed by atoms with Gasteiger partial charge < -0.3 is 24.1 Å². The Morgan fingerprint density at radius 1 is 1.00 bits per heavy atom. The number of aromatic nitrogens is 1. The molecule has 1 atom stereocenters. The maximum atomic E-state index is 13.6. The van der Waals surface area contributed by atoms with Crippen molar-refractivity contribution in [2.45, 2.75) is 52.5 Å². The lowest BCUT2D eigenvalue weighted by Crippen LogP contribution is -2.29. The molecule has 2 heterocycles. The van der Waals surface area contributed by atoms with Crippen LogP contribution >= 0.6 is 11.3 Å². The van der Waals surface area contributed by atoms with Crippen LogP contribution in [0.5, 0.6) is 17.2 Å². The van der Waals surface area contributed by atoms with Gasteiger partial charge in [0.1, 0.15) is 16.4 Å². The molecular formula is C32H36N2O8S. The zero-order chi connectivity index (χ0) is 31.1. The number of thiazole rings is 1. The molecule has 4 rings (SSSR count). The van der Waals surface area contributed by atoms with Crippen LogP contribution in [0.25, 0.3) is 5.76 Å². The van der Waals surface area contributed by atoms with E-state index in [9.17, 15) is 19.5 Å². The Kier molecular flexibility index (Phi) is 10.4. The third-order valence-corrected chi connectivity index (χ3v) is 8.08. The number of amides is 1. The molecular weight excluding hydrogens is 572 g/mol. The van der Waals surface area contributed by atoms with Crippen LogP contribution in [-0.4, -0.2) is 55.2 Å². The van der Waals surface area contributed by atoms with Crippen LogP contribution in [0.15, 0.2) is 48.0 Å². The molecule has 11 heteroatoms. The van der Waals surface area contributed by atoms with Gasteiger partial charge in [0, 0.05) is 5.56 Å². The van der Waals surface area contributed by atoms with E-state index < -0.39 is 23.7 Å². The zero-order valence-corrected chi connectivity index (χ0v) is 25.8. The molecule has 1 N–H and O–H groups in total. The highest BCUT2D eigenvalue weighted by Crippen LogP contribution is 2.45. The number of ether oxygens (including phenoxy) is 4. The van der Waals surface area contributed by atoms with Crippen LogP contribution < -0.4 is 19.1 Å². The first-order valence-electron chi connectivity index (χ1n) is 14.2. The number of hydrogen-bond donors (Lipinski definition) is 1. The first kappa shape index (κ1) is 31.6. The number of benzene rings is 2. The predicted molar refractivity (Wildman–Crippen MR) is 163 cm³/mol. The molecule has 0 radical (unpaired) electrons. The molecule has 2 aromatic carbocycles. The number of hydrogen-bond acceptors (Lipinski definition) is 10. The maximum Gasteiger partial charge on any atom is 0.350 e. The molecule has 1 aromatic heterocycles. The molecule has 0 spiro atoms. The van der Waals surface area contributed by atoms with Gasteiger partial charge in [-0.15, -0.1) is 0 Å². The van der Waals surface area contributed by atoms with E-state index in [1.165, 1.54) is 19.1 Å². The fourth-order valence-corrected chi connectivity index (χ4v) is 5.65. The Morgan fingerprint density at radius 3 is 2.40 bits per heavy atom. The van der Waals surface area contributed by atoms with Crippen molar-refractivity contribution in [1.82, 2.24) is 4.98 Å². The largest absolute Gasteiger partial charge is 0.507 e. The van der Waals surface area contributed by atoms with E-state index in [1.54, 1.807) is 49.4 Å². The molecule has 0 bridgehead atoms. The zero-order valence-electron chi connectivity index (χ0n) is 25.0. The SMILES string of the molecule is CCCCOc1cccc(/C(O)=C2\C(=O)C(=O)N(c3nc(C)c(C(=O)OC)s3)C2c2ccc(OCCCC)c(OC)c2)c1. The minimum Gasteiger partial charge on any atom is -0.507 e. The van der Waals surface area contributed by atoms with Crippen molar-refractivity contribution in [1.29, 1.82) is 0 Å². The van der Waals surface area contributed by atoms with Gasteiger partial charge in [-0.1, -0.05) is 56.2 Å². The van der Waals surface area contributed by atoms with E-state index in [4.69, 9.17) is 18.9 Å². The van der Waals surface area contributed by atoms with Crippen molar-refractivity contribution in [3.05, 3.63) is 69.7 Å². The Balaban J connectivity index is 1.87. The molecule has 1 fully saturated rings. The summed E-state index contributed by atoms with van der Waals surface area (Å²) < 4.78 is 22.2. The van der Waals surface area contributed by atoms with Gasteiger partial charge in [-0.2, -0.15) is 0 Å². The van der Waals surface area contributed by atoms with Crippen molar-refractivity contribution in [3.63, 3.8) is 0 Å². The molecule has 1 unspecified atom stereocenters. The standard InChI is InChI=1S/C32H36N2O8S/c1-6-8-15-41-22-12-10-11-21(17-22)27(35)25-26(20-13-14-23(24(18-20)39-4)42-16-9-7-2)34(30(37)28(25)36)32-33-19(3)29(43-32)31(38)40-5/h10-14,17-18,26,35H,6-9,15-16H2,1-5H3/b27-25+. The number of unbranched alkanes of at least 4 members (excludes halogenated alkanes) is 2. The van der Waals surface area contributed by atoms with Crippen molar-refractivity contribution in [3.8, 4) is 17.2 Å². The van der Waals surface area contributed by atoms with Crippen molar-refractivity contribution in [2.24, 2.45) is 0 Å². The van der Waals surface area contributed by atoms with Crippen molar-refractivity contribution in [2.75, 3.05) is 32.3 Å². The van der Waals surface area contributed by atoms with Gasteiger partial charge in [-0.3, -0.25) is 14.5 Å². The number of carbonyl (C=O) groups excluding carboxylic acids is 3. The average Bonchev–Trinajstić information content (AvgIpc) is 3.52. The summed E-state index contributed by atoms with van der Waals surface area (Å²) in [6.07, 6.45) is 3.64. The second-order valence-corrected chi connectivity index (χ2v) is 10.9. The number of anilines is 1. The monoisotopic (exact) mass is 608 g/mol. The van der Waals surface area contributed by atoms with E-state index in [1.807, 2.05) is 0 Å². The number of esters is 1. The number of aryl methyl sites for hydroxylation is 1. The average molecular weight is 609 g/mol. The highest BCUT2D eigenvalue weighted by atomic mass is 32.1. The lowest BCUT2D eigenvalue weighted by Gasteiger charge is -2.24. The second kappa shape index (κ2) is 14.2. The number of rotatable bonds is 13. The topological polar surface area (TPSA) is 124 Å². The summed E-state index contributed by atoms with van der Waals surface area (Å²) in [7, 11) is 2.75. The highest BCUT2D eigenvalue weighted by Gasteiger charge is 2.48. The van der Waals surface area contributed by atoms with Gasteiger partial charge in [0.25, 0.3) is 5.78 Å². The Labute approximate surface area is 254 Å². The fraction of sp³-hybridized carbons (Fsp3) is 0.375. The van der Waals surface area contributed by atoms with Gasteiger partial charge in [-0.05, 0) is 49.6 Å². The summed E-state index contributed by atoms with van der Waals surface area (Å²) in [5.74, 6) is -1.33. The minimum absolute atomic E-state index is 0.114. The number of carbonyl (C=O) groups is 3. The summed E-state index contributed by atoms with van der Waals surface area (Å²) in [4.78, 5) is 45.5. The maximum absolute atomic E-state index is 13.6. The van der Waals surface area contributed by atoms with E-state index in [0.717, 1.165) is 37.0 Å². The van der Waals surface area contributed by atoms with Crippen molar-refractivity contribution >= 4 is 39.9 Å². The number of methoxy groups -OCH3 is 2. The Morgan fingerprint density at radius 2 is 1.72 bits per heavy atom. The van der Waals surface area contributed by atoms with Crippen LogP contribution in [0, 0.1) is 6.92 Å². The van der Waals surface area contributed by atoms with Crippen LogP contribution in [0.2, 0.25) is 0 Å². The van der Waals surface area contributed by atoms with Gasteiger partial charge in [0.2, 0.25) is 0 Å². The van der Waals surface area contributed by atoms with Crippen LogP contribution in [-0.2, 0) is 14.3 Å². The summed E-state index contributed by atoms with van der Waals surface area (Å²) in [6.45, 7) is 6.74. The molecule has 43 heavy (non-hydrogen) atoms. The summed E-state index contributed by atoms with van der Waals surface area (Å²) in [6, 6.07) is 10.7. The lowest BCUT2D eigenvalue weighted by molar-refractivity contribution is -0.132. The van der Waals surface area contributed by atoms with Gasteiger partial charge in [-0.25, -0.2) is 9.78 Å². The smallest absolute Gasteiger partial charge is 0.350 e. The summed E-state index contributed by atoms with van der Waals surface area (Å²) in [5.41, 5.74) is 1.00. The number of aliphatic hydroxyl groups is 1. The third-order valence-electron chi connectivity index (χ3n) is 6.94. The molecule has 1 aliphatic heterocycles. The first-order chi connectivity index (χ1) is 20.7. The molecule has 10 nitrogen and oxygen atoms in total. The van der Waals surface area contributed by atoms with Gasteiger partial charge in [0.05, 0.1) is 44.7 Å². The van der Waals surface area contributed by atoms with E-state index >= 15 is 0 Å². The van der Waals surface area contributed by atoms with E-state index in [0.29, 0.717) is 47.3 Å². The van der Waals surface area contributed by atoms with E-state index in [2.05, 4.69) is 18.8 Å². The van der Waals surface area contributed by atoms with Gasteiger partial charge >= 0.3 is 11.9 Å². The van der Waals surface area contributed by atoms with Crippen LogP contribution in [0.3, 0.4) is 0 Å². The molecule has 1 aliphatic rings. The van der Waals surface area contributed by atoms with Gasteiger partial charge in [0.15, 0.2) is 16.6 Å².